The van der Waals surface area contributed by atoms with Crippen LogP contribution in [0.2, 0.25) is 0 Å². The molecule has 1 aliphatic carbocycles. The van der Waals surface area contributed by atoms with Crippen molar-refractivity contribution < 1.29 is 40.3 Å². The maximum Gasteiger partial charge on any atom is 0.416 e. The summed E-state index contributed by atoms with van der Waals surface area (Å²) in [5.74, 6) is -0.824. The minimum atomic E-state index is -4.75. The summed E-state index contributed by atoms with van der Waals surface area (Å²) in [4.78, 5) is 12.1. The Hall–Kier alpha value is -2.98. The Morgan fingerprint density at radius 3 is 2.00 bits per heavy atom. The van der Waals surface area contributed by atoms with Crippen LogP contribution in [0.4, 0.5) is 41.2 Å². The van der Waals surface area contributed by atoms with Gasteiger partial charge in [0.05, 0.1) is 17.2 Å². The molecule has 0 saturated heterocycles. The van der Waals surface area contributed by atoms with Crippen LogP contribution in [0, 0.1) is 5.82 Å². The van der Waals surface area contributed by atoms with Gasteiger partial charge in [-0.2, -0.15) is 26.3 Å². The molecule has 4 nitrogen and oxygen atoms in total. The topological polar surface area (TPSA) is 50.4 Å². The average molecular weight is 464 g/mol. The van der Waals surface area contributed by atoms with E-state index in [4.69, 9.17) is 4.74 Å². The van der Waals surface area contributed by atoms with Crippen LogP contribution < -0.4 is 15.4 Å². The number of anilines is 1. The number of amides is 2. The Bertz CT molecular complexity index is 935. The van der Waals surface area contributed by atoms with E-state index < -0.39 is 35.3 Å². The highest BCUT2D eigenvalue weighted by molar-refractivity contribution is 5.89. The SMILES string of the molecule is O=C(Nc1cc(F)cc(C(F)(F)F)c1)NC1CCC(Oc2ccc(C(F)(F)F)cc2)CC1. The Morgan fingerprint density at radius 2 is 1.44 bits per heavy atom. The van der Waals surface area contributed by atoms with E-state index in [0.717, 1.165) is 18.2 Å². The number of carbonyl (C=O) groups excluding carboxylic acids is 1. The van der Waals surface area contributed by atoms with Gasteiger partial charge in [0, 0.05) is 11.7 Å². The summed E-state index contributed by atoms with van der Waals surface area (Å²) in [6.07, 6.45) is -7.40. The lowest BCUT2D eigenvalue weighted by atomic mass is 9.93. The predicted molar refractivity (Wildman–Crippen MR) is 102 cm³/mol. The number of ether oxygens (including phenoxy) is 1. The molecule has 1 aliphatic rings. The van der Waals surface area contributed by atoms with Crippen molar-refractivity contribution in [1.82, 2.24) is 5.32 Å². The van der Waals surface area contributed by atoms with Crippen molar-refractivity contribution in [3.05, 3.63) is 59.4 Å². The number of hydrogen-bond acceptors (Lipinski definition) is 2. The molecule has 32 heavy (non-hydrogen) atoms. The fourth-order valence-electron chi connectivity index (χ4n) is 3.42. The smallest absolute Gasteiger partial charge is 0.416 e. The van der Waals surface area contributed by atoms with E-state index in [1.54, 1.807) is 0 Å². The molecule has 1 fully saturated rings. The summed E-state index contributed by atoms with van der Waals surface area (Å²) >= 11 is 0. The van der Waals surface area contributed by atoms with Crippen LogP contribution in [0.15, 0.2) is 42.5 Å². The first-order chi connectivity index (χ1) is 14.9. The van der Waals surface area contributed by atoms with Gasteiger partial charge in [-0.05, 0) is 68.1 Å². The average Bonchev–Trinajstić information content (AvgIpc) is 2.68. The first kappa shape index (κ1) is 23.7. The predicted octanol–water partition coefficient (Wildman–Crippen LogP) is 6.38. The van der Waals surface area contributed by atoms with Gasteiger partial charge in [0.25, 0.3) is 0 Å². The molecule has 0 aliphatic heterocycles. The molecular weight excluding hydrogens is 445 g/mol. The van der Waals surface area contributed by atoms with E-state index in [0.29, 0.717) is 43.6 Å². The molecule has 0 bridgehead atoms. The summed E-state index contributed by atoms with van der Waals surface area (Å²) in [6.45, 7) is 0. The minimum Gasteiger partial charge on any atom is -0.490 e. The standard InChI is InChI=1S/C21H19F7N2O2/c22-14-9-13(21(26,27)28)10-16(11-14)30-19(31)29-15-3-7-18(8-4-15)32-17-5-1-12(2-6-17)20(23,24)25/h1-2,5-6,9-11,15,18H,3-4,7-8H2,(H2,29,30,31). The van der Waals surface area contributed by atoms with Gasteiger partial charge < -0.3 is 15.4 Å². The van der Waals surface area contributed by atoms with Crippen LogP contribution >= 0.6 is 0 Å². The zero-order valence-electron chi connectivity index (χ0n) is 16.5. The zero-order valence-corrected chi connectivity index (χ0v) is 16.5. The van der Waals surface area contributed by atoms with E-state index >= 15 is 0 Å². The highest BCUT2D eigenvalue weighted by Gasteiger charge is 2.32. The Balaban J connectivity index is 1.48. The van der Waals surface area contributed by atoms with Crippen LogP contribution in [0.5, 0.6) is 5.75 Å². The molecule has 1 saturated carbocycles. The molecule has 2 aromatic carbocycles. The molecule has 0 aromatic heterocycles. The van der Waals surface area contributed by atoms with E-state index in [-0.39, 0.29) is 17.8 Å². The summed E-state index contributed by atoms with van der Waals surface area (Å²) in [7, 11) is 0. The van der Waals surface area contributed by atoms with Crippen molar-refractivity contribution >= 4 is 11.7 Å². The largest absolute Gasteiger partial charge is 0.490 e. The monoisotopic (exact) mass is 464 g/mol. The van der Waals surface area contributed by atoms with Crippen LogP contribution in [-0.4, -0.2) is 18.2 Å². The van der Waals surface area contributed by atoms with E-state index in [2.05, 4.69) is 10.6 Å². The van der Waals surface area contributed by atoms with Crippen LogP contribution in [0.3, 0.4) is 0 Å². The van der Waals surface area contributed by atoms with E-state index in [9.17, 15) is 35.5 Å². The molecule has 174 valence electrons. The summed E-state index contributed by atoms with van der Waals surface area (Å²) in [5, 5.41) is 4.82. The van der Waals surface area contributed by atoms with Gasteiger partial charge >= 0.3 is 18.4 Å². The second-order valence-electron chi connectivity index (χ2n) is 7.44. The fraction of sp³-hybridized carbons (Fsp3) is 0.381. The van der Waals surface area contributed by atoms with Gasteiger partial charge in [0.2, 0.25) is 0 Å². The fourth-order valence-corrected chi connectivity index (χ4v) is 3.42. The Labute approximate surface area is 178 Å². The number of halogens is 7. The zero-order chi connectivity index (χ0) is 23.5. The lowest BCUT2D eigenvalue weighted by Crippen LogP contribution is -2.41. The van der Waals surface area contributed by atoms with Gasteiger partial charge in [-0.3, -0.25) is 0 Å². The third-order valence-electron chi connectivity index (χ3n) is 4.98. The minimum absolute atomic E-state index is 0.245. The molecule has 0 unspecified atom stereocenters. The van der Waals surface area contributed by atoms with Crippen molar-refractivity contribution in [2.24, 2.45) is 0 Å². The van der Waals surface area contributed by atoms with Crippen molar-refractivity contribution in [2.75, 3.05) is 5.32 Å². The number of nitrogens with one attached hydrogen (secondary N) is 2. The quantitative estimate of drug-likeness (QED) is 0.517. The molecule has 0 radical (unpaired) electrons. The number of carbonyl (C=O) groups is 1. The van der Waals surface area contributed by atoms with Crippen molar-refractivity contribution in [3.63, 3.8) is 0 Å². The summed E-state index contributed by atoms with van der Waals surface area (Å²) < 4.78 is 95.2. The normalized spacial score (nSPS) is 19.3. The third-order valence-corrected chi connectivity index (χ3v) is 4.98. The Kier molecular flexibility index (Phi) is 6.85. The van der Waals surface area contributed by atoms with Crippen LogP contribution in [0.1, 0.15) is 36.8 Å². The van der Waals surface area contributed by atoms with E-state index in [1.807, 2.05) is 0 Å². The van der Waals surface area contributed by atoms with Crippen molar-refractivity contribution in [1.29, 1.82) is 0 Å². The van der Waals surface area contributed by atoms with Crippen molar-refractivity contribution in [3.8, 4) is 5.75 Å². The molecule has 0 atom stereocenters. The first-order valence-electron chi connectivity index (χ1n) is 9.69. The number of benzene rings is 2. The maximum absolute atomic E-state index is 13.4. The maximum atomic E-state index is 13.4. The molecular formula is C21H19F7N2O2. The van der Waals surface area contributed by atoms with E-state index in [1.165, 1.54) is 12.1 Å². The summed E-state index contributed by atoms with van der Waals surface area (Å²) in [6, 6.07) is 5.06. The molecule has 2 aromatic rings. The van der Waals surface area contributed by atoms with Gasteiger partial charge in [-0.1, -0.05) is 0 Å². The molecule has 0 heterocycles. The van der Waals surface area contributed by atoms with Gasteiger partial charge in [0.15, 0.2) is 0 Å². The molecule has 11 heteroatoms. The Morgan fingerprint density at radius 1 is 0.844 bits per heavy atom. The first-order valence-corrected chi connectivity index (χ1v) is 9.69. The third kappa shape index (κ3) is 6.51. The molecule has 0 spiro atoms. The van der Waals surface area contributed by atoms with Crippen LogP contribution in [-0.2, 0) is 12.4 Å². The molecule has 2 amide bonds. The second kappa shape index (κ2) is 9.25. The van der Waals surface area contributed by atoms with Crippen molar-refractivity contribution in [2.45, 2.75) is 50.2 Å². The highest BCUT2D eigenvalue weighted by Crippen LogP contribution is 2.32. The molecule has 2 N–H and O–H groups in total. The summed E-state index contributed by atoms with van der Waals surface area (Å²) in [5.41, 5.74) is -2.31. The lowest BCUT2D eigenvalue weighted by molar-refractivity contribution is -0.138. The van der Waals surface area contributed by atoms with Gasteiger partial charge in [-0.25, -0.2) is 9.18 Å². The number of urea groups is 1. The van der Waals surface area contributed by atoms with Gasteiger partial charge in [-0.15, -0.1) is 0 Å². The number of hydrogen-bond donors (Lipinski definition) is 2. The number of rotatable bonds is 4. The number of alkyl halides is 6. The van der Waals surface area contributed by atoms with Gasteiger partial charge in [0.1, 0.15) is 11.6 Å². The highest BCUT2D eigenvalue weighted by atomic mass is 19.4. The van der Waals surface area contributed by atoms with Crippen LogP contribution in [0.25, 0.3) is 0 Å². The molecule has 3 rings (SSSR count). The lowest BCUT2D eigenvalue weighted by Gasteiger charge is -2.29. The second-order valence-corrected chi connectivity index (χ2v) is 7.44.